The molecule has 1 saturated heterocycles. The van der Waals surface area contributed by atoms with Gasteiger partial charge in [-0.2, -0.15) is 0 Å². The van der Waals surface area contributed by atoms with Gasteiger partial charge in [-0.1, -0.05) is 30.3 Å². The van der Waals surface area contributed by atoms with E-state index in [4.69, 9.17) is 9.72 Å². The molecule has 154 valence electrons. The highest BCUT2D eigenvalue weighted by Gasteiger charge is 2.25. The normalized spacial score (nSPS) is 13.3. The van der Waals surface area contributed by atoms with Crippen molar-refractivity contribution in [2.75, 3.05) is 32.1 Å². The van der Waals surface area contributed by atoms with Gasteiger partial charge in [-0.25, -0.2) is 9.97 Å². The third kappa shape index (κ3) is 4.27. The fraction of sp³-hybridized carbons (Fsp3) is 0.292. The summed E-state index contributed by atoms with van der Waals surface area (Å²) in [6.45, 7) is 2.24. The Hall–Kier alpha value is -3.41. The molecule has 1 aromatic heterocycles. The number of likely N-dealkylation sites (tertiary alicyclic amines) is 1. The van der Waals surface area contributed by atoms with Crippen LogP contribution in [0.4, 0.5) is 5.82 Å². The third-order valence-corrected chi connectivity index (χ3v) is 5.36. The maximum absolute atomic E-state index is 13.2. The standard InChI is InChI=1S/C24H26N4O2/c1-27(17-18-8-4-3-5-9-18)23-21(24(29)28-14-6-7-15-28)16-25-22(26-23)19-10-12-20(30-2)13-11-19/h3-5,8-13,16H,6-7,14-15,17H2,1-2H3. The maximum Gasteiger partial charge on any atom is 0.259 e. The van der Waals surface area contributed by atoms with Gasteiger partial charge in [0.15, 0.2) is 5.82 Å². The minimum absolute atomic E-state index is 0.00342. The first-order valence-electron chi connectivity index (χ1n) is 10.2. The van der Waals surface area contributed by atoms with Gasteiger partial charge >= 0.3 is 0 Å². The molecule has 6 nitrogen and oxygen atoms in total. The Bertz CT molecular complexity index is 999. The molecule has 2 aromatic carbocycles. The molecule has 2 heterocycles. The average Bonchev–Trinajstić information content (AvgIpc) is 3.34. The summed E-state index contributed by atoms with van der Waals surface area (Å²) in [5, 5.41) is 0. The molecule has 1 aliphatic heterocycles. The molecular formula is C24H26N4O2. The number of aromatic nitrogens is 2. The highest BCUT2D eigenvalue weighted by molar-refractivity contribution is 5.99. The van der Waals surface area contributed by atoms with Crippen LogP contribution >= 0.6 is 0 Å². The van der Waals surface area contributed by atoms with Crippen molar-refractivity contribution in [2.24, 2.45) is 0 Å². The van der Waals surface area contributed by atoms with Crippen LogP contribution < -0.4 is 9.64 Å². The number of carbonyl (C=O) groups excluding carboxylic acids is 1. The van der Waals surface area contributed by atoms with Gasteiger partial charge in [0.2, 0.25) is 0 Å². The van der Waals surface area contributed by atoms with Crippen LogP contribution in [-0.2, 0) is 6.54 Å². The van der Waals surface area contributed by atoms with E-state index in [0.717, 1.165) is 42.8 Å². The second-order valence-corrected chi connectivity index (χ2v) is 7.50. The lowest BCUT2D eigenvalue weighted by Crippen LogP contribution is -2.30. The van der Waals surface area contributed by atoms with Crippen LogP contribution in [0.25, 0.3) is 11.4 Å². The molecular weight excluding hydrogens is 376 g/mol. The zero-order chi connectivity index (χ0) is 20.9. The average molecular weight is 402 g/mol. The molecule has 0 unspecified atom stereocenters. The first-order chi connectivity index (χ1) is 14.7. The van der Waals surface area contributed by atoms with Crippen molar-refractivity contribution in [3.63, 3.8) is 0 Å². The lowest BCUT2D eigenvalue weighted by Gasteiger charge is -2.23. The molecule has 0 atom stereocenters. The lowest BCUT2D eigenvalue weighted by atomic mass is 10.1. The number of anilines is 1. The van der Waals surface area contributed by atoms with E-state index in [0.29, 0.717) is 23.8 Å². The molecule has 0 bridgehead atoms. The number of hydrogen-bond acceptors (Lipinski definition) is 5. The third-order valence-electron chi connectivity index (χ3n) is 5.36. The molecule has 3 aromatic rings. The topological polar surface area (TPSA) is 58.6 Å². The number of amides is 1. The minimum atomic E-state index is 0.00342. The van der Waals surface area contributed by atoms with Crippen LogP contribution in [0.15, 0.2) is 60.8 Å². The Kier molecular flexibility index (Phi) is 5.93. The van der Waals surface area contributed by atoms with Crippen LogP contribution in [0, 0.1) is 0 Å². The molecule has 4 rings (SSSR count). The molecule has 0 aliphatic carbocycles. The van der Waals surface area contributed by atoms with Crippen molar-refractivity contribution in [3.05, 3.63) is 71.9 Å². The molecule has 0 N–H and O–H groups in total. The largest absolute Gasteiger partial charge is 0.497 e. The van der Waals surface area contributed by atoms with Crippen molar-refractivity contribution < 1.29 is 9.53 Å². The fourth-order valence-electron chi connectivity index (χ4n) is 3.72. The van der Waals surface area contributed by atoms with Crippen molar-refractivity contribution in [3.8, 4) is 17.1 Å². The van der Waals surface area contributed by atoms with E-state index in [2.05, 4.69) is 17.1 Å². The summed E-state index contributed by atoms with van der Waals surface area (Å²) in [5.41, 5.74) is 2.59. The minimum Gasteiger partial charge on any atom is -0.497 e. The molecule has 0 radical (unpaired) electrons. The van der Waals surface area contributed by atoms with E-state index in [1.165, 1.54) is 0 Å². The van der Waals surface area contributed by atoms with Gasteiger partial charge < -0.3 is 14.5 Å². The number of ether oxygens (including phenoxy) is 1. The fourth-order valence-corrected chi connectivity index (χ4v) is 3.72. The second kappa shape index (κ2) is 8.95. The summed E-state index contributed by atoms with van der Waals surface area (Å²) in [5.74, 6) is 2.02. The van der Waals surface area contributed by atoms with Crippen molar-refractivity contribution in [1.82, 2.24) is 14.9 Å². The van der Waals surface area contributed by atoms with Gasteiger partial charge in [-0.05, 0) is 42.7 Å². The van der Waals surface area contributed by atoms with Crippen LogP contribution in [0.1, 0.15) is 28.8 Å². The molecule has 0 spiro atoms. The molecule has 1 aliphatic rings. The lowest BCUT2D eigenvalue weighted by molar-refractivity contribution is 0.0792. The monoisotopic (exact) mass is 402 g/mol. The Morgan fingerprint density at radius 1 is 1.07 bits per heavy atom. The highest BCUT2D eigenvalue weighted by Crippen LogP contribution is 2.26. The molecule has 30 heavy (non-hydrogen) atoms. The number of methoxy groups -OCH3 is 1. The second-order valence-electron chi connectivity index (χ2n) is 7.50. The van der Waals surface area contributed by atoms with Crippen LogP contribution in [0.2, 0.25) is 0 Å². The highest BCUT2D eigenvalue weighted by atomic mass is 16.5. The van der Waals surface area contributed by atoms with Gasteiger partial charge in [0.1, 0.15) is 17.1 Å². The Morgan fingerprint density at radius 2 is 1.77 bits per heavy atom. The zero-order valence-corrected chi connectivity index (χ0v) is 17.4. The summed E-state index contributed by atoms with van der Waals surface area (Å²) < 4.78 is 5.24. The molecule has 0 saturated carbocycles. The van der Waals surface area contributed by atoms with Gasteiger partial charge in [0.25, 0.3) is 5.91 Å². The van der Waals surface area contributed by atoms with E-state index in [9.17, 15) is 4.79 Å². The van der Waals surface area contributed by atoms with E-state index in [1.807, 2.05) is 59.3 Å². The van der Waals surface area contributed by atoms with E-state index >= 15 is 0 Å². The van der Waals surface area contributed by atoms with Crippen molar-refractivity contribution in [2.45, 2.75) is 19.4 Å². The number of nitrogens with zero attached hydrogens (tertiary/aromatic N) is 4. The van der Waals surface area contributed by atoms with Gasteiger partial charge in [0.05, 0.1) is 7.11 Å². The van der Waals surface area contributed by atoms with Gasteiger partial charge in [-0.3, -0.25) is 4.79 Å². The van der Waals surface area contributed by atoms with Crippen LogP contribution in [-0.4, -0.2) is 48.0 Å². The van der Waals surface area contributed by atoms with Crippen molar-refractivity contribution in [1.29, 1.82) is 0 Å². The number of benzene rings is 2. The summed E-state index contributed by atoms with van der Waals surface area (Å²) in [6, 6.07) is 17.8. The first kappa shape index (κ1) is 19.9. The molecule has 1 amide bonds. The van der Waals surface area contributed by atoms with E-state index < -0.39 is 0 Å². The van der Waals surface area contributed by atoms with Crippen LogP contribution in [0.3, 0.4) is 0 Å². The molecule has 6 heteroatoms. The number of hydrogen-bond donors (Lipinski definition) is 0. The quantitative estimate of drug-likeness (QED) is 0.623. The van der Waals surface area contributed by atoms with Crippen LogP contribution in [0.5, 0.6) is 5.75 Å². The smallest absolute Gasteiger partial charge is 0.259 e. The summed E-state index contributed by atoms with van der Waals surface area (Å²) >= 11 is 0. The predicted molar refractivity (Wildman–Crippen MR) is 118 cm³/mol. The number of rotatable bonds is 6. The summed E-state index contributed by atoms with van der Waals surface area (Å²) in [4.78, 5) is 26.4. The summed E-state index contributed by atoms with van der Waals surface area (Å²) in [6.07, 6.45) is 3.77. The first-order valence-corrected chi connectivity index (χ1v) is 10.2. The predicted octanol–water partition coefficient (Wildman–Crippen LogP) is 4.02. The number of carbonyl (C=O) groups is 1. The van der Waals surface area contributed by atoms with E-state index in [1.54, 1.807) is 13.3 Å². The van der Waals surface area contributed by atoms with E-state index in [-0.39, 0.29) is 5.91 Å². The SMILES string of the molecule is COc1ccc(-c2ncc(C(=O)N3CCCC3)c(N(C)Cc3ccccc3)n2)cc1. The Labute approximate surface area is 177 Å². The van der Waals surface area contributed by atoms with Gasteiger partial charge in [-0.15, -0.1) is 0 Å². The van der Waals surface area contributed by atoms with Gasteiger partial charge in [0, 0.05) is 38.4 Å². The zero-order valence-electron chi connectivity index (χ0n) is 17.4. The Morgan fingerprint density at radius 3 is 2.43 bits per heavy atom. The molecule has 1 fully saturated rings. The maximum atomic E-state index is 13.2. The summed E-state index contributed by atoms with van der Waals surface area (Å²) in [7, 11) is 3.61. The Balaban J connectivity index is 1.70. The van der Waals surface area contributed by atoms with Crippen molar-refractivity contribution >= 4 is 11.7 Å².